The fraction of sp³-hybridized carbons (Fsp3) is 0.455. The molecule has 0 fully saturated rings. The van der Waals surface area contributed by atoms with Crippen LogP contribution in [0.1, 0.15) is 49.7 Å². The lowest BCUT2D eigenvalue weighted by Crippen LogP contribution is -2.07. The Bertz CT molecular complexity index is 998. The van der Waals surface area contributed by atoms with Gasteiger partial charge in [0.15, 0.2) is 5.82 Å². The van der Waals surface area contributed by atoms with E-state index in [1.807, 2.05) is 36.0 Å². The van der Waals surface area contributed by atoms with Crippen molar-refractivity contribution in [1.82, 2.24) is 19.7 Å². The molecule has 3 rings (SSSR count). The molecule has 160 valence electrons. The van der Waals surface area contributed by atoms with Crippen LogP contribution in [0.15, 0.2) is 24.3 Å². The van der Waals surface area contributed by atoms with Crippen LogP contribution in [0.2, 0.25) is 0 Å². The van der Waals surface area contributed by atoms with Crippen LogP contribution in [0, 0.1) is 0 Å². The van der Waals surface area contributed by atoms with Crippen molar-refractivity contribution in [1.29, 1.82) is 0 Å². The van der Waals surface area contributed by atoms with Crippen molar-refractivity contribution in [2.45, 2.75) is 52.0 Å². The first-order valence-corrected chi connectivity index (χ1v) is 10.3. The van der Waals surface area contributed by atoms with Gasteiger partial charge in [-0.2, -0.15) is 5.10 Å². The lowest BCUT2D eigenvalue weighted by Gasteiger charge is -2.10. The van der Waals surface area contributed by atoms with Crippen LogP contribution in [0.3, 0.4) is 0 Å². The zero-order chi connectivity index (χ0) is 21.5. The van der Waals surface area contributed by atoms with Crippen LogP contribution in [0.5, 0.6) is 5.75 Å². The number of carbonyl (C=O) groups is 1. The molecule has 0 atom stereocenters. The molecule has 0 spiro atoms. The van der Waals surface area contributed by atoms with Gasteiger partial charge < -0.3 is 15.2 Å². The Balaban J connectivity index is 1.86. The summed E-state index contributed by atoms with van der Waals surface area (Å²) in [5, 5.41) is 16.9. The molecule has 2 N–H and O–H groups in total. The Hall–Kier alpha value is -3.16. The highest BCUT2D eigenvalue weighted by Crippen LogP contribution is 2.25. The molecule has 0 bridgehead atoms. The number of carboxylic acids is 1. The lowest BCUT2D eigenvalue weighted by atomic mass is 10.1. The minimum Gasteiger partial charge on any atom is -0.497 e. The SMILES string of the molecule is CCCc1nn(C)c2c(NCc3ccc(OC)cc3)nc(CCCCC(=O)O)nc12. The van der Waals surface area contributed by atoms with E-state index in [2.05, 4.69) is 17.3 Å². The molecule has 0 saturated heterocycles. The van der Waals surface area contributed by atoms with Crippen molar-refractivity contribution < 1.29 is 14.6 Å². The third-order valence-corrected chi connectivity index (χ3v) is 4.94. The number of nitrogens with zero attached hydrogens (tertiary/aromatic N) is 4. The average Bonchev–Trinajstić information content (AvgIpc) is 3.05. The number of hydrogen-bond acceptors (Lipinski definition) is 6. The molecule has 0 saturated carbocycles. The summed E-state index contributed by atoms with van der Waals surface area (Å²) in [5.41, 5.74) is 3.85. The number of aliphatic carboxylic acids is 1. The normalized spacial score (nSPS) is 11.0. The van der Waals surface area contributed by atoms with E-state index in [0.717, 1.165) is 58.9 Å². The fourth-order valence-electron chi connectivity index (χ4n) is 3.42. The van der Waals surface area contributed by atoms with Gasteiger partial charge in [0, 0.05) is 26.4 Å². The number of ether oxygens (including phenoxy) is 1. The van der Waals surface area contributed by atoms with Crippen LogP contribution >= 0.6 is 0 Å². The maximum Gasteiger partial charge on any atom is 0.303 e. The van der Waals surface area contributed by atoms with E-state index in [9.17, 15) is 4.79 Å². The second kappa shape index (κ2) is 10.0. The number of carboxylic acid groups (broad SMARTS) is 1. The first-order valence-electron chi connectivity index (χ1n) is 10.3. The van der Waals surface area contributed by atoms with Crippen LogP contribution in [0.4, 0.5) is 5.82 Å². The predicted octanol–water partition coefficient (Wildman–Crippen LogP) is 3.73. The van der Waals surface area contributed by atoms with Gasteiger partial charge in [0.25, 0.3) is 0 Å². The van der Waals surface area contributed by atoms with E-state index in [4.69, 9.17) is 19.8 Å². The smallest absolute Gasteiger partial charge is 0.303 e. The number of anilines is 1. The molecule has 2 heterocycles. The van der Waals surface area contributed by atoms with E-state index in [1.54, 1.807) is 7.11 Å². The quantitative estimate of drug-likeness (QED) is 0.463. The van der Waals surface area contributed by atoms with Gasteiger partial charge in [0.05, 0.1) is 12.8 Å². The number of fused-ring (bicyclic) bond motifs is 1. The Labute approximate surface area is 176 Å². The summed E-state index contributed by atoms with van der Waals surface area (Å²) in [6, 6.07) is 7.90. The van der Waals surface area contributed by atoms with Crippen LogP contribution in [-0.2, 0) is 31.2 Å². The van der Waals surface area contributed by atoms with Gasteiger partial charge >= 0.3 is 5.97 Å². The average molecular weight is 412 g/mol. The standard InChI is InChI=1S/C22H29N5O3/c1-4-7-17-20-21(27(2)26-17)22(23-14-15-10-12-16(30-3)13-11-15)25-18(24-20)8-5-6-9-19(28)29/h10-13H,4-9,14H2,1-3H3,(H,28,29)(H,23,24,25). The fourth-order valence-corrected chi connectivity index (χ4v) is 3.42. The predicted molar refractivity (Wildman–Crippen MR) is 116 cm³/mol. The second-order valence-corrected chi connectivity index (χ2v) is 7.31. The van der Waals surface area contributed by atoms with Crippen molar-refractivity contribution in [3.8, 4) is 5.75 Å². The lowest BCUT2D eigenvalue weighted by molar-refractivity contribution is -0.137. The molecule has 3 aromatic rings. The van der Waals surface area contributed by atoms with Gasteiger partial charge in [0.1, 0.15) is 22.6 Å². The zero-order valence-corrected chi connectivity index (χ0v) is 17.8. The third kappa shape index (κ3) is 5.25. The number of benzene rings is 1. The second-order valence-electron chi connectivity index (χ2n) is 7.31. The van der Waals surface area contributed by atoms with Crippen LogP contribution in [0.25, 0.3) is 11.0 Å². The van der Waals surface area contributed by atoms with Gasteiger partial charge in [-0.1, -0.05) is 25.5 Å². The van der Waals surface area contributed by atoms with Crippen molar-refractivity contribution >= 4 is 22.8 Å². The molecular formula is C22H29N5O3. The molecule has 8 nitrogen and oxygen atoms in total. The zero-order valence-electron chi connectivity index (χ0n) is 17.8. The van der Waals surface area contributed by atoms with E-state index < -0.39 is 5.97 Å². The Kier molecular flexibility index (Phi) is 7.21. The highest BCUT2D eigenvalue weighted by Gasteiger charge is 2.17. The number of nitrogens with one attached hydrogen (secondary N) is 1. The monoisotopic (exact) mass is 411 g/mol. The van der Waals surface area contributed by atoms with Crippen LogP contribution < -0.4 is 10.1 Å². The largest absolute Gasteiger partial charge is 0.497 e. The Morgan fingerprint density at radius 1 is 1.17 bits per heavy atom. The minimum atomic E-state index is -0.772. The van der Waals surface area contributed by atoms with Crippen molar-refractivity contribution in [2.75, 3.05) is 12.4 Å². The molecule has 0 aliphatic rings. The van der Waals surface area contributed by atoms with Gasteiger partial charge in [-0.05, 0) is 37.0 Å². The topological polar surface area (TPSA) is 102 Å². The number of unbranched alkanes of at least 4 members (excludes halogenated alkanes) is 1. The molecule has 0 radical (unpaired) electrons. The number of rotatable bonds is 11. The molecule has 0 amide bonds. The molecular weight excluding hydrogens is 382 g/mol. The van der Waals surface area contributed by atoms with Crippen molar-refractivity contribution in [2.24, 2.45) is 7.05 Å². The summed E-state index contributed by atoms with van der Waals surface area (Å²) >= 11 is 0. The van der Waals surface area contributed by atoms with Crippen LogP contribution in [-0.4, -0.2) is 37.9 Å². The molecule has 0 aliphatic heterocycles. The summed E-state index contributed by atoms with van der Waals surface area (Å²) in [5.74, 6) is 1.52. The minimum absolute atomic E-state index is 0.165. The van der Waals surface area contributed by atoms with E-state index in [0.29, 0.717) is 19.4 Å². The third-order valence-electron chi connectivity index (χ3n) is 4.94. The van der Waals surface area contributed by atoms with E-state index in [-0.39, 0.29) is 6.42 Å². The maximum atomic E-state index is 10.8. The summed E-state index contributed by atoms with van der Waals surface area (Å²) in [7, 11) is 3.56. The van der Waals surface area contributed by atoms with E-state index >= 15 is 0 Å². The van der Waals surface area contributed by atoms with Gasteiger partial charge in [-0.25, -0.2) is 9.97 Å². The summed E-state index contributed by atoms with van der Waals surface area (Å²) in [6.07, 6.45) is 3.99. The Morgan fingerprint density at radius 3 is 2.60 bits per heavy atom. The van der Waals surface area contributed by atoms with Gasteiger partial charge in [0.2, 0.25) is 0 Å². The van der Waals surface area contributed by atoms with Crippen molar-refractivity contribution in [3.05, 3.63) is 41.3 Å². The molecule has 2 aromatic heterocycles. The summed E-state index contributed by atoms with van der Waals surface area (Å²) in [6.45, 7) is 2.74. The first-order chi connectivity index (χ1) is 14.5. The number of aryl methyl sites for hydroxylation is 3. The van der Waals surface area contributed by atoms with Gasteiger partial charge in [-0.15, -0.1) is 0 Å². The molecule has 1 aromatic carbocycles. The molecule has 30 heavy (non-hydrogen) atoms. The number of aromatic nitrogens is 4. The number of methoxy groups -OCH3 is 1. The van der Waals surface area contributed by atoms with E-state index in [1.165, 1.54) is 0 Å². The Morgan fingerprint density at radius 2 is 1.93 bits per heavy atom. The number of hydrogen-bond donors (Lipinski definition) is 2. The molecule has 0 unspecified atom stereocenters. The van der Waals surface area contributed by atoms with Gasteiger partial charge in [-0.3, -0.25) is 9.48 Å². The molecule has 8 heteroatoms. The maximum absolute atomic E-state index is 10.8. The summed E-state index contributed by atoms with van der Waals surface area (Å²) in [4.78, 5) is 20.3. The highest BCUT2D eigenvalue weighted by molar-refractivity contribution is 5.87. The highest BCUT2D eigenvalue weighted by atomic mass is 16.5. The molecule has 0 aliphatic carbocycles. The summed E-state index contributed by atoms with van der Waals surface area (Å²) < 4.78 is 7.06. The van der Waals surface area contributed by atoms with Crippen molar-refractivity contribution in [3.63, 3.8) is 0 Å². The first kappa shape index (κ1) is 21.5.